The molecule has 0 unspecified atom stereocenters. The molecule has 1 amide bonds. The topological polar surface area (TPSA) is 98.5 Å². The Kier molecular flexibility index (Phi) is 6.75. The molecular weight excluding hydrogens is 458 g/mol. The second kappa shape index (κ2) is 9.72. The van der Waals surface area contributed by atoms with Crippen LogP contribution in [0.2, 0.25) is 0 Å². The van der Waals surface area contributed by atoms with E-state index in [-0.39, 0.29) is 18.3 Å². The standard InChI is InChI=1S/C23H23N5O3S2/c1-5-31-22(30)19-14(3)20(16-9-7-6-8-10-16)33-21(19)25-18(29)12-32-23-27-26-17-11-13(2)24-15(4)28(17)23/h6-11H,5,12H2,1-4H3,(H,25,29). The molecule has 0 aliphatic carbocycles. The Bertz CT molecular complexity index is 1330. The molecule has 4 aromatic rings. The second-order valence-corrected chi connectivity index (χ2v) is 9.27. The number of hydrogen-bond donors (Lipinski definition) is 1. The van der Waals surface area contributed by atoms with Gasteiger partial charge in [0.15, 0.2) is 10.8 Å². The maximum absolute atomic E-state index is 12.8. The Hall–Kier alpha value is -3.24. The monoisotopic (exact) mass is 481 g/mol. The van der Waals surface area contributed by atoms with Gasteiger partial charge in [-0.15, -0.1) is 21.5 Å². The summed E-state index contributed by atoms with van der Waals surface area (Å²) in [7, 11) is 0. The van der Waals surface area contributed by atoms with Gasteiger partial charge in [0.05, 0.1) is 17.9 Å². The molecule has 4 rings (SSSR count). The zero-order valence-electron chi connectivity index (χ0n) is 18.7. The van der Waals surface area contributed by atoms with E-state index >= 15 is 0 Å². The van der Waals surface area contributed by atoms with Crippen molar-refractivity contribution < 1.29 is 14.3 Å². The highest BCUT2D eigenvalue weighted by Crippen LogP contribution is 2.40. The molecule has 0 bridgehead atoms. The molecule has 0 fully saturated rings. The minimum absolute atomic E-state index is 0.105. The number of aromatic nitrogens is 4. The van der Waals surface area contributed by atoms with Gasteiger partial charge in [-0.25, -0.2) is 9.78 Å². The quantitative estimate of drug-likeness (QED) is 0.302. The number of carbonyl (C=O) groups is 2. The zero-order chi connectivity index (χ0) is 23.5. The van der Waals surface area contributed by atoms with Gasteiger partial charge in [0.1, 0.15) is 10.8 Å². The molecule has 0 aliphatic rings. The minimum Gasteiger partial charge on any atom is -0.462 e. The summed E-state index contributed by atoms with van der Waals surface area (Å²) in [6.07, 6.45) is 0. The second-order valence-electron chi connectivity index (χ2n) is 7.30. The summed E-state index contributed by atoms with van der Waals surface area (Å²) < 4.78 is 7.07. The van der Waals surface area contributed by atoms with Crippen LogP contribution in [0.1, 0.15) is 34.4 Å². The first-order valence-electron chi connectivity index (χ1n) is 10.4. The number of nitrogens with zero attached hydrogens (tertiary/aromatic N) is 4. The van der Waals surface area contributed by atoms with Crippen molar-refractivity contribution in [3.63, 3.8) is 0 Å². The first-order chi connectivity index (χ1) is 15.9. The minimum atomic E-state index is -0.447. The van der Waals surface area contributed by atoms with Crippen LogP contribution in [0.5, 0.6) is 0 Å². The summed E-state index contributed by atoms with van der Waals surface area (Å²) in [4.78, 5) is 30.8. The lowest BCUT2D eigenvalue weighted by Crippen LogP contribution is -2.16. The molecule has 0 atom stereocenters. The molecule has 8 nitrogen and oxygen atoms in total. The van der Waals surface area contributed by atoms with Gasteiger partial charge in [-0.2, -0.15) is 0 Å². The summed E-state index contributed by atoms with van der Waals surface area (Å²) in [5.74, 6) is 0.162. The summed E-state index contributed by atoms with van der Waals surface area (Å²) in [5.41, 5.74) is 3.70. The van der Waals surface area contributed by atoms with E-state index in [1.54, 1.807) is 6.92 Å². The highest BCUT2D eigenvalue weighted by Gasteiger charge is 2.24. The number of amides is 1. The summed E-state index contributed by atoms with van der Waals surface area (Å²) in [6.45, 7) is 7.66. The van der Waals surface area contributed by atoms with Crippen molar-refractivity contribution >= 4 is 45.6 Å². The fraction of sp³-hybridized carbons (Fsp3) is 0.261. The summed E-state index contributed by atoms with van der Waals surface area (Å²) in [5, 5.41) is 12.3. The predicted molar refractivity (Wildman–Crippen MR) is 130 cm³/mol. The summed E-state index contributed by atoms with van der Waals surface area (Å²) >= 11 is 2.63. The van der Waals surface area contributed by atoms with Crippen molar-refractivity contribution in [3.8, 4) is 10.4 Å². The number of ether oxygens (including phenoxy) is 1. The SMILES string of the molecule is CCOC(=O)c1c(NC(=O)CSc2nnc3cc(C)nc(C)n23)sc(-c2ccccc2)c1C. The average Bonchev–Trinajstić information content (AvgIpc) is 3.33. The number of benzene rings is 1. The van der Waals surface area contributed by atoms with Crippen LogP contribution in [0.4, 0.5) is 5.00 Å². The molecule has 10 heteroatoms. The van der Waals surface area contributed by atoms with Crippen LogP contribution in [-0.4, -0.2) is 43.8 Å². The van der Waals surface area contributed by atoms with Crippen LogP contribution in [0.25, 0.3) is 16.1 Å². The van der Waals surface area contributed by atoms with Crippen molar-refractivity contribution in [2.75, 3.05) is 17.7 Å². The maximum atomic E-state index is 12.8. The number of thioether (sulfide) groups is 1. The van der Waals surface area contributed by atoms with Gasteiger partial charge >= 0.3 is 5.97 Å². The lowest BCUT2D eigenvalue weighted by atomic mass is 10.1. The molecule has 0 saturated heterocycles. The van der Waals surface area contributed by atoms with Crippen LogP contribution < -0.4 is 5.32 Å². The first-order valence-corrected chi connectivity index (χ1v) is 12.2. The Morgan fingerprint density at radius 2 is 1.91 bits per heavy atom. The highest BCUT2D eigenvalue weighted by atomic mass is 32.2. The first kappa shape index (κ1) is 22.9. The van der Waals surface area contributed by atoms with Gasteiger partial charge in [-0.1, -0.05) is 42.1 Å². The fourth-order valence-corrected chi connectivity index (χ4v) is 5.51. The maximum Gasteiger partial charge on any atom is 0.341 e. The van der Waals surface area contributed by atoms with Crippen LogP contribution in [-0.2, 0) is 9.53 Å². The van der Waals surface area contributed by atoms with Crippen molar-refractivity contribution in [3.05, 3.63) is 59.0 Å². The average molecular weight is 482 g/mol. The smallest absolute Gasteiger partial charge is 0.341 e. The number of hydrogen-bond acceptors (Lipinski definition) is 8. The van der Waals surface area contributed by atoms with E-state index in [0.717, 1.165) is 27.5 Å². The number of nitrogens with one attached hydrogen (secondary N) is 1. The fourth-order valence-electron chi connectivity index (χ4n) is 3.51. The van der Waals surface area contributed by atoms with E-state index in [1.165, 1.54) is 23.1 Å². The third-order valence-corrected chi connectivity index (χ3v) is 7.09. The third kappa shape index (κ3) is 4.76. The van der Waals surface area contributed by atoms with Gasteiger partial charge in [0.25, 0.3) is 0 Å². The number of fused-ring (bicyclic) bond motifs is 1. The molecule has 1 aromatic carbocycles. The van der Waals surface area contributed by atoms with E-state index in [2.05, 4.69) is 20.5 Å². The lowest BCUT2D eigenvalue weighted by molar-refractivity contribution is -0.113. The van der Waals surface area contributed by atoms with E-state index in [9.17, 15) is 9.59 Å². The van der Waals surface area contributed by atoms with Crippen molar-refractivity contribution in [2.45, 2.75) is 32.9 Å². The summed E-state index contributed by atoms with van der Waals surface area (Å²) in [6, 6.07) is 11.6. The normalized spacial score (nSPS) is 11.0. The molecule has 0 saturated carbocycles. The lowest BCUT2D eigenvalue weighted by Gasteiger charge is -2.07. The molecule has 0 aliphatic heterocycles. The van der Waals surface area contributed by atoms with Gasteiger partial charge < -0.3 is 10.1 Å². The van der Waals surface area contributed by atoms with Crippen molar-refractivity contribution in [1.82, 2.24) is 19.6 Å². The largest absolute Gasteiger partial charge is 0.462 e. The molecule has 1 N–H and O–H groups in total. The van der Waals surface area contributed by atoms with E-state index < -0.39 is 5.97 Å². The van der Waals surface area contributed by atoms with E-state index in [1.807, 2.05) is 61.6 Å². The number of rotatable bonds is 7. The highest BCUT2D eigenvalue weighted by molar-refractivity contribution is 7.99. The molecular formula is C23H23N5O3S2. The van der Waals surface area contributed by atoms with E-state index in [4.69, 9.17) is 4.74 Å². The van der Waals surface area contributed by atoms with Gasteiger partial charge in [0.2, 0.25) is 5.91 Å². The number of carbonyl (C=O) groups excluding carboxylic acids is 2. The molecule has 0 radical (unpaired) electrons. The number of esters is 1. The van der Waals surface area contributed by atoms with Gasteiger partial charge in [0, 0.05) is 16.6 Å². The third-order valence-electron chi connectivity index (χ3n) is 4.91. The van der Waals surface area contributed by atoms with Crippen molar-refractivity contribution in [1.29, 1.82) is 0 Å². The Morgan fingerprint density at radius 3 is 2.64 bits per heavy atom. The Balaban J connectivity index is 1.57. The Morgan fingerprint density at radius 1 is 1.15 bits per heavy atom. The van der Waals surface area contributed by atoms with Crippen molar-refractivity contribution in [2.24, 2.45) is 0 Å². The Labute approximate surface area is 199 Å². The number of aryl methyl sites for hydroxylation is 2. The van der Waals surface area contributed by atoms with E-state index in [0.29, 0.717) is 21.4 Å². The molecule has 33 heavy (non-hydrogen) atoms. The van der Waals surface area contributed by atoms with Crippen LogP contribution in [0.3, 0.4) is 0 Å². The molecule has 0 spiro atoms. The number of thiophene rings is 1. The predicted octanol–water partition coefficient (Wildman–Crippen LogP) is 4.69. The molecule has 170 valence electrons. The van der Waals surface area contributed by atoms with Crippen LogP contribution in [0, 0.1) is 20.8 Å². The molecule has 3 aromatic heterocycles. The van der Waals surface area contributed by atoms with Gasteiger partial charge in [-0.05, 0) is 38.8 Å². The van der Waals surface area contributed by atoms with Crippen LogP contribution in [0.15, 0.2) is 41.6 Å². The van der Waals surface area contributed by atoms with Gasteiger partial charge in [-0.3, -0.25) is 9.20 Å². The number of anilines is 1. The molecule has 3 heterocycles. The zero-order valence-corrected chi connectivity index (χ0v) is 20.3. The van der Waals surface area contributed by atoms with Crippen LogP contribution >= 0.6 is 23.1 Å².